The van der Waals surface area contributed by atoms with E-state index >= 15 is 0 Å². The predicted molar refractivity (Wildman–Crippen MR) is 69.7 cm³/mol. The van der Waals surface area contributed by atoms with Crippen molar-refractivity contribution in [1.29, 1.82) is 0 Å². The van der Waals surface area contributed by atoms with Crippen LogP contribution in [0.3, 0.4) is 0 Å². The summed E-state index contributed by atoms with van der Waals surface area (Å²) < 4.78 is 13.5. The quantitative estimate of drug-likeness (QED) is 0.623. The van der Waals surface area contributed by atoms with E-state index in [0.29, 0.717) is 11.2 Å². The molecule has 0 spiro atoms. The second kappa shape index (κ2) is 6.11. The third-order valence-electron chi connectivity index (χ3n) is 2.94. The highest BCUT2D eigenvalue weighted by Crippen LogP contribution is 2.25. The van der Waals surface area contributed by atoms with Crippen LogP contribution >= 0.6 is 12.2 Å². The molecule has 0 bridgehead atoms. The maximum atomic E-state index is 11.3. The summed E-state index contributed by atoms with van der Waals surface area (Å²) in [4.78, 5) is 11.3. The summed E-state index contributed by atoms with van der Waals surface area (Å²) in [6, 6.07) is 5.55. The van der Waals surface area contributed by atoms with Gasteiger partial charge in [-0.05, 0) is 31.4 Å². The highest BCUT2D eigenvalue weighted by molar-refractivity contribution is 7.71. The number of rotatable bonds is 3. The highest BCUT2D eigenvalue weighted by Gasteiger charge is 2.28. The topological polar surface area (TPSA) is 40.5 Å². The van der Waals surface area contributed by atoms with Gasteiger partial charge in [0, 0.05) is 19.7 Å². The van der Waals surface area contributed by atoms with Crippen LogP contribution in [0.15, 0.2) is 24.4 Å². The van der Waals surface area contributed by atoms with Crippen molar-refractivity contribution >= 4 is 18.2 Å². The molecule has 1 aromatic rings. The Bertz CT molecular complexity index is 465. The molecule has 98 valence electrons. The molecule has 2 unspecified atom stereocenters. The van der Waals surface area contributed by atoms with Gasteiger partial charge in [0.1, 0.15) is 10.7 Å². The standard InChI is InChI=1S/C13H17NO3S/c1-10(15)17-13(11-6-3-5-9-16-11)14-8-4-2-7-12(14)18/h2,4,7-8,11,13H,3,5-6,9H2,1H3. The Kier molecular flexibility index (Phi) is 4.49. The zero-order valence-electron chi connectivity index (χ0n) is 10.4. The Balaban J connectivity index is 2.26. The van der Waals surface area contributed by atoms with Crippen molar-refractivity contribution in [3.8, 4) is 0 Å². The van der Waals surface area contributed by atoms with Crippen LogP contribution in [0.5, 0.6) is 0 Å². The maximum absolute atomic E-state index is 11.3. The lowest BCUT2D eigenvalue weighted by atomic mass is 10.1. The van der Waals surface area contributed by atoms with Crippen LogP contribution in [0.4, 0.5) is 0 Å². The molecule has 0 aliphatic carbocycles. The summed E-state index contributed by atoms with van der Waals surface area (Å²) in [7, 11) is 0. The number of ether oxygens (including phenoxy) is 2. The van der Waals surface area contributed by atoms with E-state index in [1.165, 1.54) is 6.92 Å². The van der Waals surface area contributed by atoms with E-state index in [2.05, 4.69) is 0 Å². The van der Waals surface area contributed by atoms with Crippen molar-refractivity contribution in [1.82, 2.24) is 4.57 Å². The largest absolute Gasteiger partial charge is 0.438 e. The highest BCUT2D eigenvalue weighted by atomic mass is 32.1. The first-order chi connectivity index (χ1) is 8.68. The minimum Gasteiger partial charge on any atom is -0.438 e. The molecule has 0 saturated carbocycles. The number of esters is 1. The van der Waals surface area contributed by atoms with Gasteiger partial charge < -0.3 is 14.0 Å². The molecule has 0 aromatic carbocycles. The number of carbonyl (C=O) groups is 1. The van der Waals surface area contributed by atoms with Gasteiger partial charge >= 0.3 is 5.97 Å². The third-order valence-corrected chi connectivity index (χ3v) is 3.29. The van der Waals surface area contributed by atoms with Crippen molar-refractivity contribution in [2.45, 2.75) is 38.5 Å². The number of hydrogen-bond donors (Lipinski definition) is 0. The number of aromatic nitrogens is 1. The summed E-state index contributed by atoms with van der Waals surface area (Å²) in [5, 5.41) is 0. The predicted octanol–water partition coefficient (Wildman–Crippen LogP) is 2.85. The van der Waals surface area contributed by atoms with Crippen molar-refractivity contribution in [2.24, 2.45) is 0 Å². The van der Waals surface area contributed by atoms with E-state index in [1.807, 2.05) is 24.4 Å². The first-order valence-electron chi connectivity index (χ1n) is 6.14. The number of nitrogens with zero attached hydrogens (tertiary/aromatic N) is 1. The second-order valence-corrected chi connectivity index (χ2v) is 4.77. The van der Waals surface area contributed by atoms with Crippen LogP contribution < -0.4 is 0 Å². The molecular weight excluding hydrogens is 250 g/mol. The zero-order valence-corrected chi connectivity index (χ0v) is 11.2. The Hall–Kier alpha value is -1.20. The Morgan fingerprint density at radius 3 is 3.00 bits per heavy atom. The van der Waals surface area contributed by atoms with Crippen LogP contribution in [0.25, 0.3) is 0 Å². The van der Waals surface area contributed by atoms with Gasteiger partial charge in [0.2, 0.25) is 6.23 Å². The molecular formula is C13H17NO3S. The van der Waals surface area contributed by atoms with Crippen molar-refractivity contribution in [3.05, 3.63) is 29.0 Å². The number of pyridine rings is 1. The molecule has 1 aliphatic rings. The first-order valence-corrected chi connectivity index (χ1v) is 6.55. The Labute approximate surface area is 112 Å². The molecule has 0 radical (unpaired) electrons. The maximum Gasteiger partial charge on any atom is 0.304 e. The molecule has 0 amide bonds. The van der Waals surface area contributed by atoms with Gasteiger partial charge in [-0.1, -0.05) is 18.3 Å². The molecule has 2 heterocycles. The fourth-order valence-corrected chi connectivity index (χ4v) is 2.37. The fourth-order valence-electron chi connectivity index (χ4n) is 2.12. The van der Waals surface area contributed by atoms with Crippen LogP contribution in [-0.4, -0.2) is 23.2 Å². The van der Waals surface area contributed by atoms with Gasteiger partial charge in [-0.3, -0.25) is 4.79 Å². The van der Waals surface area contributed by atoms with E-state index in [9.17, 15) is 4.79 Å². The lowest BCUT2D eigenvalue weighted by Crippen LogP contribution is -2.33. The van der Waals surface area contributed by atoms with Gasteiger partial charge in [-0.2, -0.15) is 0 Å². The summed E-state index contributed by atoms with van der Waals surface area (Å²) >= 11 is 5.27. The molecule has 5 heteroatoms. The lowest BCUT2D eigenvalue weighted by molar-refractivity contribution is -0.168. The molecule has 1 saturated heterocycles. The fraction of sp³-hybridized carbons (Fsp3) is 0.538. The first kappa shape index (κ1) is 13.2. The molecule has 2 rings (SSSR count). The molecule has 1 aromatic heterocycles. The van der Waals surface area contributed by atoms with Gasteiger partial charge in [-0.25, -0.2) is 0 Å². The van der Waals surface area contributed by atoms with Crippen LogP contribution in [0.1, 0.15) is 32.4 Å². The van der Waals surface area contributed by atoms with Crippen molar-refractivity contribution in [3.63, 3.8) is 0 Å². The Morgan fingerprint density at radius 1 is 1.56 bits per heavy atom. The second-order valence-electron chi connectivity index (χ2n) is 4.35. The average molecular weight is 267 g/mol. The minimum atomic E-state index is -0.462. The molecule has 1 fully saturated rings. The van der Waals surface area contributed by atoms with Crippen LogP contribution in [0.2, 0.25) is 0 Å². The summed E-state index contributed by atoms with van der Waals surface area (Å²) in [5.74, 6) is -0.320. The van der Waals surface area contributed by atoms with Gasteiger partial charge in [-0.15, -0.1) is 0 Å². The van der Waals surface area contributed by atoms with Crippen LogP contribution in [0, 0.1) is 4.64 Å². The smallest absolute Gasteiger partial charge is 0.304 e. The number of carbonyl (C=O) groups excluding carboxylic acids is 1. The normalized spacial score (nSPS) is 21.3. The van der Waals surface area contributed by atoms with E-state index < -0.39 is 6.23 Å². The van der Waals surface area contributed by atoms with Gasteiger partial charge in [0.05, 0.1) is 0 Å². The van der Waals surface area contributed by atoms with E-state index in [-0.39, 0.29) is 12.1 Å². The van der Waals surface area contributed by atoms with Crippen molar-refractivity contribution < 1.29 is 14.3 Å². The third kappa shape index (κ3) is 3.17. The minimum absolute atomic E-state index is 0.114. The molecule has 18 heavy (non-hydrogen) atoms. The molecule has 0 N–H and O–H groups in total. The average Bonchev–Trinajstić information content (AvgIpc) is 2.38. The molecule has 4 nitrogen and oxygen atoms in total. The lowest BCUT2D eigenvalue weighted by Gasteiger charge is -2.31. The molecule has 1 aliphatic heterocycles. The van der Waals surface area contributed by atoms with Gasteiger partial charge in [0.25, 0.3) is 0 Å². The van der Waals surface area contributed by atoms with Gasteiger partial charge in [0.15, 0.2) is 0 Å². The monoisotopic (exact) mass is 267 g/mol. The SMILES string of the molecule is CC(=O)OC(C1CCCCO1)n1ccccc1=S. The van der Waals surface area contributed by atoms with E-state index in [4.69, 9.17) is 21.7 Å². The van der Waals surface area contributed by atoms with E-state index in [0.717, 1.165) is 19.3 Å². The number of hydrogen-bond acceptors (Lipinski definition) is 4. The van der Waals surface area contributed by atoms with E-state index in [1.54, 1.807) is 4.57 Å². The van der Waals surface area contributed by atoms with Crippen molar-refractivity contribution in [2.75, 3.05) is 6.61 Å². The van der Waals surface area contributed by atoms with Crippen LogP contribution in [-0.2, 0) is 14.3 Å². The summed E-state index contributed by atoms with van der Waals surface area (Å²) in [6.45, 7) is 2.12. The zero-order chi connectivity index (χ0) is 13.0. The summed E-state index contributed by atoms with van der Waals surface area (Å²) in [6.07, 6.45) is 4.28. The molecule has 2 atom stereocenters. The Morgan fingerprint density at radius 2 is 2.39 bits per heavy atom. The summed E-state index contributed by atoms with van der Waals surface area (Å²) in [5.41, 5.74) is 0.